The quantitative estimate of drug-likeness (QED) is 0.277. The number of hydrogen-bond donors (Lipinski definition) is 1. The van der Waals surface area contributed by atoms with E-state index >= 15 is 0 Å². The smallest absolute Gasteiger partial charge is 0.489 e. The monoisotopic (exact) mass is 535 g/mol. The number of rotatable bonds is 8. The van der Waals surface area contributed by atoms with E-state index in [1.807, 2.05) is 18.2 Å². The van der Waals surface area contributed by atoms with Gasteiger partial charge in [0, 0.05) is 30.7 Å². The van der Waals surface area contributed by atoms with Gasteiger partial charge in [0.05, 0.1) is 6.20 Å². The molecule has 0 aliphatic carbocycles. The molecule has 0 saturated carbocycles. The third-order valence-electron chi connectivity index (χ3n) is 5.41. The predicted octanol–water partition coefficient (Wildman–Crippen LogP) is 5.58. The summed E-state index contributed by atoms with van der Waals surface area (Å²) in [7, 11) is 0. The highest BCUT2D eigenvalue weighted by atomic mass is 19.4. The van der Waals surface area contributed by atoms with E-state index in [0.29, 0.717) is 22.5 Å². The summed E-state index contributed by atoms with van der Waals surface area (Å²) in [5, 5.41) is 2.65. The van der Waals surface area contributed by atoms with Gasteiger partial charge in [-0.2, -0.15) is 0 Å². The summed E-state index contributed by atoms with van der Waals surface area (Å²) < 4.78 is 53.6. The van der Waals surface area contributed by atoms with Gasteiger partial charge in [0.2, 0.25) is 0 Å². The van der Waals surface area contributed by atoms with Crippen molar-refractivity contribution in [2.45, 2.75) is 19.5 Å². The largest absolute Gasteiger partial charge is 0.573 e. The second-order valence-corrected chi connectivity index (χ2v) is 8.21. The molecule has 3 heterocycles. The van der Waals surface area contributed by atoms with E-state index < -0.39 is 12.5 Å². The third kappa shape index (κ3) is 6.80. The fraction of sp³-hybridized carbons (Fsp3) is 0.111. The van der Waals surface area contributed by atoms with Gasteiger partial charge in [-0.1, -0.05) is 18.2 Å². The Kier molecular flexibility index (Phi) is 7.26. The summed E-state index contributed by atoms with van der Waals surface area (Å²) in [5.41, 5.74) is 3.39. The zero-order valence-electron chi connectivity index (χ0n) is 20.1. The first-order valence-corrected chi connectivity index (χ1v) is 11.6. The second-order valence-electron chi connectivity index (χ2n) is 8.21. The summed E-state index contributed by atoms with van der Waals surface area (Å²) in [6.45, 7) is 0.444. The van der Waals surface area contributed by atoms with E-state index in [9.17, 15) is 18.0 Å². The number of fused-ring (bicyclic) bond motifs is 1. The van der Waals surface area contributed by atoms with Crippen LogP contribution in [0.15, 0.2) is 91.6 Å². The SMILES string of the molecule is O=C(NCc1cccnc1)Oc1cnc2c(c1)ncn2-c1ccc(OCc2ccc(OC(F)(F)F)cc2)cc1. The van der Waals surface area contributed by atoms with Gasteiger partial charge in [-0.05, 0) is 53.6 Å². The first-order chi connectivity index (χ1) is 18.8. The minimum absolute atomic E-state index is 0.166. The van der Waals surface area contributed by atoms with Crippen LogP contribution in [-0.4, -0.2) is 32.0 Å². The number of ether oxygens (including phenoxy) is 3. The second kappa shape index (κ2) is 11.1. The number of benzene rings is 2. The van der Waals surface area contributed by atoms with Crippen LogP contribution in [0.5, 0.6) is 17.2 Å². The van der Waals surface area contributed by atoms with Gasteiger partial charge in [-0.3, -0.25) is 9.55 Å². The first kappa shape index (κ1) is 25.5. The molecule has 0 atom stereocenters. The highest BCUT2D eigenvalue weighted by Gasteiger charge is 2.30. The molecule has 12 heteroatoms. The fourth-order valence-corrected chi connectivity index (χ4v) is 3.60. The number of halogens is 3. The summed E-state index contributed by atoms with van der Waals surface area (Å²) in [4.78, 5) is 24.9. The van der Waals surface area contributed by atoms with Crippen LogP contribution in [0, 0.1) is 0 Å². The maximum atomic E-state index is 12.3. The van der Waals surface area contributed by atoms with Crippen molar-refractivity contribution in [3.05, 3.63) is 103 Å². The molecule has 0 aliphatic rings. The number of aromatic nitrogens is 4. The van der Waals surface area contributed by atoms with Crippen molar-refractivity contribution < 1.29 is 32.2 Å². The third-order valence-corrected chi connectivity index (χ3v) is 5.41. The summed E-state index contributed by atoms with van der Waals surface area (Å²) in [5.74, 6) is 0.525. The molecule has 0 unspecified atom stereocenters. The standard InChI is InChI=1S/C27H20F3N5O4/c28-27(29,30)39-22-7-3-18(4-8-22)16-37-21-9-5-20(6-10-21)35-17-34-24-12-23(15-32-25(24)35)38-26(36)33-14-19-2-1-11-31-13-19/h1-13,15,17H,14,16H2,(H,33,36). The average Bonchev–Trinajstić information content (AvgIpc) is 3.35. The van der Waals surface area contributed by atoms with E-state index in [1.165, 1.54) is 30.5 Å². The van der Waals surface area contributed by atoms with Crippen molar-refractivity contribution in [1.82, 2.24) is 24.8 Å². The number of nitrogens with zero attached hydrogens (tertiary/aromatic N) is 4. The van der Waals surface area contributed by atoms with Crippen LogP contribution in [0.4, 0.5) is 18.0 Å². The Hall–Kier alpha value is -5.13. The van der Waals surface area contributed by atoms with Crippen LogP contribution in [0.25, 0.3) is 16.9 Å². The molecule has 2 aromatic carbocycles. The lowest BCUT2D eigenvalue weighted by molar-refractivity contribution is -0.274. The zero-order valence-corrected chi connectivity index (χ0v) is 20.1. The molecule has 5 aromatic rings. The fourth-order valence-electron chi connectivity index (χ4n) is 3.60. The molecule has 3 aromatic heterocycles. The number of pyridine rings is 2. The topological polar surface area (TPSA) is 100 Å². The molecule has 0 spiro atoms. The maximum Gasteiger partial charge on any atom is 0.573 e. The zero-order chi connectivity index (χ0) is 27.2. The van der Waals surface area contributed by atoms with E-state index in [0.717, 1.165) is 11.3 Å². The molecule has 5 rings (SSSR count). The number of hydrogen-bond acceptors (Lipinski definition) is 7. The minimum atomic E-state index is -4.73. The van der Waals surface area contributed by atoms with Gasteiger partial charge < -0.3 is 19.5 Å². The normalized spacial score (nSPS) is 11.3. The van der Waals surface area contributed by atoms with Crippen LogP contribution < -0.4 is 19.5 Å². The van der Waals surface area contributed by atoms with Gasteiger partial charge in [-0.25, -0.2) is 14.8 Å². The highest BCUT2D eigenvalue weighted by Crippen LogP contribution is 2.25. The lowest BCUT2D eigenvalue weighted by Crippen LogP contribution is -2.26. The number of carbonyl (C=O) groups is 1. The lowest BCUT2D eigenvalue weighted by Gasteiger charge is -2.10. The molecule has 198 valence electrons. The van der Waals surface area contributed by atoms with Crippen LogP contribution in [0.2, 0.25) is 0 Å². The van der Waals surface area contributed by atoms with E-state index in [4.69, 9.17) is 9.47 Å². The van der Waals surface area contributed by atoms with Gasteiger partial charge >= 0.3 is 12.5 Å². The molecule has 1 N–H and O–H groups in total. The maximum absolute atomic E-state index is 12.3. The Morgan fingerprint density at radius 1 is 0.897 bits per heavy atom. The van der Waals surface area contributed by atoms with Gasteiger partial charge in [0.1, 0.15) is 29.9 Å². The predicted molar refractivity (Wildman–Crippen MR) is 133 cm³/mol. The number of nitrogens with one attached hydrogen (secondary N) is 1. The molecule has 0 bridgehead atoms. The van der Waals surface area contributed by atoms with Crippen molar-refractivity contribution in [3.63, 3.8) is 0 Å². The first-order valence-electron chi connectivity index (χ1n) is 11.6. The Morgan fingerprint density at radius 3 is 2.38 bits per heavy atom. The van der Waals surface area contributed by atoms with E-state index in [2.05, 4.69) is 25.0 Å². The van der Waals surface area contributed by atoms with E-state index in [1.54, 1.807) is 47.6 Å². The minimum Gasteiger partial charge on any atom is -0.489 e. The average molecular weight is 535 g/mol. The molecular weight excluding hydrogens is 515 g/mol. The molecule has 1 amide bonds. The van der Waals surface area contributed by atoms with Crippen LogP contribution >= 0.6 is 0 Å². The summed E-state index contributed by atoms with van der Waals surface area (Å²) in [6.07, 6.45) is 0.982. The molecule has 0 saturated heterocycles. The van der Waals surface area contributed by atoms with E-state index in [-0.39, 0.29) is 24.7 Å². The number of carbonyl (C=O) groups excluding carboxylic acids is 1. The molecular formula is C27H20F3N5O4. The molecule has 9 nitrogen and oxygen atoms in total. The highest BCUT2D eigenvalue weighted by molar-refractivity contribution is 5.76. The van der Waals surface area contributed by atoms with Gasteiger partial charge in [0.15, 0.2) is 11.4 Å². The van der Waals surface area contributed by atoms with Crippen molar-refractivity contribution in [2.75, 3.05) is 0 Å². The molecule has 0 fully saturated rings. The van der Waals surface area contributed by atoms with Crippen LogP contribution in [0.3, 0.4) is 0 Å². The van der Waals surface area contributed by atoms with Crippen molar-refractivity contribution in [1.29, 1.82) is 0 Å². The number of alkyl halides is 3. The van der Waals surface area contributed by atoms with Gasteiger partial charge in [-0.15, -0.1) is 13.2 Å². The van der Waals surface area contributed by atoms with Gasteiger partial charge in [0.25, 0.3) is 0 Å². The number of imidazole rings is 1. The van der Waals surface area contributed by atoms with Crippen molar-refractivity contribution in [2.24, 2.45) is 0 Å². The van der Waals surface area contributed by atoms with Crippen LogP contribution in [-0.2, 0) is 13.2 Å². The Labute approximate surface area is 219 Å². The molecule has 0 radical (unpaired) electrons. The molecule has 0 aliphatic heterocycles. The van der Waals surface area contributed by atoms with Crippen LogP contribution in [0.1, 0.15) is 11.1 Å². The lowest BCUT2D eigenvalue weighted by atomic mass is 10.2. The summed E-state index contributed by atoms with van der Waals surface area (Å²) >= 11 is 0. The molecule has 39 heavy (non-hydrogen) atoms. The number of amides is 1. The Balaban J connectivity index is 1.18. The van der Waals surface area contributed by atoms with Crippen molar-refractivity contribution >= 4 is 17.3 Å². The summed E-state index contributed by atoms with van der Waals surface area (Å²) in [6, 6.07) is 17.8. The Morgan fingerprint density at radius 2 is 1.67 bits per heavy atom. The van der Waals surface area contributed by atoms with Crippen molar-refractivity contribution in [3.8, 4) is 22.9 Å². The Bertz CT molecular complexity index is 1560.